The Labute approximate surface area is 153 Å². The summed E-state index contributed by atoms with van der Waals surface area (Å²) in [6.07, 6.45) is 1.09. The van der Waals surface area contributed by atoms with E-state index >= 15 is 0 Å². The molecule has 0 aromatic heterocycles. The van der Waals surface area contributed by atoms with Gasteiger partial charge in [-0.1, -0.05) is 29.8 Å². The summed E-state index contributed by atoms with van der Waals surface area (Å²) in [6, 6.07) is 11.3. The Balaban J connectivity index is 2.38. The van der Waals surface area contributed by atoms with E-state index in [9.17, 15) is 13.2 Å². The molecule has 2 aromatic carbocycles. The monoisotopic (exact) mass is 380 g/mol. The van der Waals surface area contributed by atoms with E-state index in [1.807, 2.05) is 19.9 Å². The molecule has 2 rings (SSSR count). The van der Waals surface area contributed by atoms with E-state index in [4.69, 9.17) is 11.6 Å². The van der Waals surface area contributed by atoms with Gasteiger partial charge in [-0.05, 0) is 56.2 Å². The number of carbonyl (C=O) groups is 1. The Kier molecular flexibility index (Phi) is 5.75. The van der Waals surface area contributed by atoms with Gasteiger partial charge in [-0.2, -0.15) is 0 Å². The Morgan fingerprint density at radius 1 is 1.12 bits per heavy atom. The molecule has 134 valence electrons. The van der Waals surface area contributed by atoms with Crippen LogP contribution >= 0.6 is 11.6 Å². The normalized spacial score (nSPS) is 12.5. The van der Waals surface area contributed by atoms with Gasteiger partial charge in [0.15, 0.2) is 0 Å². The number of para-hydroxylation sites is 1. The average Bonchev–Trinajstić information content (AvgIpc) is 2.47. The molecule has 0 radical (unpaired) electrons. The highest BCUT2D eigenvalue weighted by atomic mass is 35.5. The third-order valence-electron chi connectivity index (χ3n) is 3.68. The van der Waals surface area contributed by atoms with Crippen molar-refractivity contribution in [3.63, 3.8) is 0 Å². The number of aryl methyl sites for hydroxylation is 2. The molecule has 2 aromatic rings. The van der Waals surface area contributed by atoms with Gasteiger partial charge in [0, 0.05) is 0 Å². The minimum absolute atomic E-state index is 0.389. The fraction of sp³-hybridized carbons (Fsp3) is 0.278. The number of benzene rings is 2. The molecule has 0 saturated heterocycles. The smallest absolute Gasteiger partial charge is 0.248 e. The van der Waals surface area contributed by atoms with Crippen LogP contribution in [0, 0.1) is 13.8 Å². The SMILES string of the molecule is Cc1cc(C)cc(N([C@@H](C)C(=O)Nc2ccccc2Cl)S(C)(=O)=O)c1. The van der Waals surface area contributed by atoms with Gasteiger partial charge in [0.05, 0.1) is 22.7 Å². The number of anilines is 2. The van der Waals surface area contributed by atoms with Crippen LogP contribution in [-0.2, 0) is 14.8 Å². The van der Waals surface area contributed by atoms with Gasteiger partial charge >= 0.3 is 0 Å². The van der Waals surface area contributed by atoms with Crippen molar-refractivity contribution in [1.82, 2.24) is 0 Å². The minimum atomic E-state index is -3.66. The van der Waals surface area contributed by atoms with E-state index in [1.54, 1.807) is 43.3 Å². The van der Waals surface area contributed by atoms with Crippen LogP contribution in [0.1, 0.15) is 18.1 Å². The number of hydrogen-bond donors (Lipinski definition) is 1. The molecule has 0 unspecified atom stereocenters. The number of halogens is 1. The molecule has 1 amide bonds. The summed E-state index contributed by atoms with van der Waals surface area (Å²) in [5.74, 6) is -0.460. The number of amides is 1. The molecule has 0 aliphatic rings. The lowest BCUT2D eigenvalue weighted by molar-refractivity contribution is -0.116. The van der Waals surface area contributed by atoms with E-state index < -0.39 is 22.0 Å². The maximum Gasteiger partial charge on any atom is 0.248 e. The molecule has 25 heavy (non-hydrogen) atoms. The number of rotatable bonds is 5. The van der Waals surface area contributed by atoms with Gasteiger partial charge in [-0.3, -0.25) is 9.10 Å². The van der Waals surface area contributed by atoms with E-state index in [0.29, 0.717) is 16.4 Å². The van der Waals surface area contributed by atoms with Crippen LogP contribution in [-0.4, -0.2) is 26.6 Å². The quantitative estimate of drug-likeness (QED) is 0.858. The van der Waals surface area contributed by atoms with Gasteiger partial charge in [-0.15, -0.1) is 0 Å². The minimum Gasteiger partial charge on any atom is -0.323 e. The Bertz CT molecular complexity index is 877. The molecule has 0 saturated carbocycles. The maximum atomic E-state index is 12.6. The van der Waals surface area contributed by atoms with Crippen molar-refractivity contribution in [2.24, 2.45) is 0 Å². The highest BCUT2D eigenvalue weighted by Crippen LogP contribution is 2.25. The highest BCUT2D eigenvalue weighted by Gasteiger charge is 2.29. The van der Waals surface area contributed by atoms with Crippen molar-refractivity contribution in [3.05, 3.63) is 58.6 Å². The van der Waals surface area contributed by atoms with Gasteiger partial charge in [0.2, 0.25) is 15.9 Å². The van der Waals surface area contributed by atoms with Crippen LogP contribution in [0.2, 0.25) is 5.02 Å². The molecule has 0 aliphatic carbocycles. The fourth-order valence-electron chi connectivity index (χ4n) is 2.69. The van der Waals surface area contributed by atoms with E-state index in [2.05, 4.69) is 5.32 Å². The standard InChI is InChI=1S/C18H21ClN2O3S/c1-12-9-13(2)11-15(10-12)21(25(4,23)24)14(3)18(22)20-17-8-6-5-7-16(17)19/h5-11,14H,1-4H3,(H,20,22)/t14-/m0/s1. The van der Waals surface area contributed by atoms with Gasteiger partial charge < -0.3 is 5.32 Å². The zero-order valence-corrected chi connectivity index (χ0v) is 16.1. The van der Waals surface area contributed by atoms with Crippen LogP contribution in [0.5, 0.6) is 0 Å². The third-order valence-corrected chi connectivity index (χ3v) is 5.25. The number of hydrogen-bond acceptors (Lipinski definition) is 3. The summed E-state index contributed by atoms with van der Waals surface area (Å²) in [4.78, 5) is 12.6. The molecule has 0 spiro atoms. The number of nitrogens with one attached hydrogen (secondary N) is 1. The number of carbonyl (C=O) groups excluding carboxylic acids is 1. The van der Waals surface area contributed by atoms with Crippen LogP contribution < -0.4 is 9.62 Å². The maximum absolute atomic E-state index is 12.6. The van der Waals surface area contributed by atoms with Crippen molar-refractivity contribution < 1.29 is 13.2 Å². The predicted octanol–water partition coefficient (Wildman–Crippen LogP) is 3.75. The summed E-state index contributed by atoms with van der Waals surface area (Å²) in [7, 11) is -3.66. The second kappa shape index (κ2) is 7.45. The molecular formula is C18H21ClN2O3S. The van der Waals surface area contributed by atoms with Crippen molar-refractivity contribution in [1.29, 1.82) is 0 Å². The first kappa shape index (κ1) is 19.3. The molecule has 7 heteroatoms. The first-order chi connectivity index (χ1) is 11.6. The lowest BCUT2D eigenvalue weighted by atomic mass is 10.1. The molecule has 0 aliphatic heterocycles. The topological polar surface area (TPSA) is 66.5 Å². The molecule has 0 heterocycles. The van der Waals surface area contributed by atoms with Crippen molar-refractivity contribution in [2.75, 3.05) is 15.9 Å². The van der Waals surface area contributed by atoms with E-state index in [0.717, 1.165) is 21.7 Å². The first-order valence-corrected chi connectivity index (χ1v) is 9.95. The second-order valence-corrected chi connectivity index (χ2v) is 8.32. The molecule has 1 N–H and O–H groups in total. The first-order valence-electron chi connectivity index (χ1n) is 7.72. The molecule has 0 fully saturated rings. The summed E-state index contributed by atoms with van der Waals surface area (Å²) >= 11 is 6.05. The Morgan fingerprint density at radius 3 is 2.20 bits per heavy atom. The van der Waals surface area contributed by atoms with Crippen molar-refractivity contribution in [2.45, 2.75) is 26.8 Å². The lowest BCUT2D eigenvalue weighted by Gasteiger charge is -2.29. The van der Waals surface area contributed by atoms with Crippen LogP contribution in [0.25, 0.3) is 0 Å². The van der Waals surface area contributed by atoms with Crippen molar-refractivity contribution in [3.8, 4) is 0 Å². The average molecular weight is 381 g/mol. The van der Waals surface area contributed by atoms with Gasteiger partial charge in [0.25, 0.3) is 0 Å². The summed E-state index contributed by atoms with van der Waals surface area (Å²) in [6.45, 7) is 5.31. The molecule has 5 nitrogen and oxygen atoms in total. The van der Waals surface area contributed by atoms with Gasteiger partial charge in [0.1, 0.15) is 6.04 Å². The number of sulfonamides is 1. The predicted molar refractivity (Wildman–Crippen MR) is 103 cm³/mol. The van der Waals surface area contributed by atoms with Crippen molar-refractivity contribution >= 4 is 38.9 Å². The Hall–Kier alpha value is -2.05. The molecule has 1 atom stereocenters. The van der Waals surface area contributed by atoms with E-state index in [-0.39, 0.29) is 0 Å². The van der Waals surface area contributed by atoms with Crippen LogP contribution in [0.3, 0.4) is 0 Å². The van der Waals surface area contributed by atoms with Gasteiger partial charge in [-0.25, -0.2) is 8.42 Å². The van der Waals surface area contributed by atoms with E-state index in [1.165, 1.54) is 0 Å². The lowest BCUT2D eigenvalue weighted by Crippen LogP contribution is -2.45. The second-order valence-electron chi connectivity index (χ2n) is 6.05. The fourth-order valence-corrected chi connectivity index (χ4v) is 4.03. The molecular weight excluding hydrogens is 360 g/mol. The highest BCUT2D eigenvalue weighted by molar-refractivity contribution is 7.92. The summed E-state index contributed by atoms with van der Waals surface area (Å²) < 4.78 is 25.8. The third kappa shape index (κ3) is 4.74. The molecule has 0 bridgehead atoms. The summed E-state index contributed by atoms with van der Waals surface area (Å²) in [5, 5.41) is 3.07. The zero-order valence-electron chi connectivity index (χ0n) is 14.6. The van der Waals surface area contributed by atoms with Crippen LogP contribution in [0.15, 0.2) is 42.5 Å². The zero-order chi connectivity index (χ0) is 18.8. The van der Waals surface area contributed by atoms with Crippen LogP contribution in [0.4, 0.5) is 11.4 Å². The Morgan fingerprint density at radius 2 is 1.68 bits per heavy atom. The number of nitrogens with zero attached hydrogens (tertiary/aromatic N) is 1. The largest absolute Gasteiger partial charge is 0.323 e. The summed E-state index contributed by atoms with van der Waals surface area (Å²) in [5.41, 5.74) is 2.74.